The fraction of sp³-hybridized carbons (Fsp3) is 0.391. The summed E-state index contributed by atoms with van der Waals surface area (Å²) in [5, 5.41) is 18.4. The maximum atomic E-state index is 13.0. The zero-order chi connectivity index (χ0) is 20.6. The van der Waals surface area contributed by atoms with Gasteiger partial charge < -0.3 is 20.0 Å². The summed E-state index contributed by atoms with van der Waals surface area (Å²) in [4.78, 5) is 27.8. The third-order valence-electron chi connectivity index (χ3n) is 5.23. The van der Waals surface area contributed by atoms with Crippen LogP contribution in [0.15, 0.2) is 48.5 Å². The highest BCUT2D eigenvalue weighted by atomic mass is 16.4. The van der Waals surface area contributed by atoms with Crippen molar-refractivity contribution in [3.8, 4) is 5.75 Å². The van der Waals surface area contributed by atoms with Gasteiger partial charge in [-0.05, 0) is 67.7 Å². The van der Waals surface area contributed by atoms with E-state index in [4.69, 9.17) is 5.11 Å². The summed E-state index contributed by atoms with van der Waals surface area (Å²) in [6, 6.07) is 14.8. The number of carboxylic acid groups (broad SMARTS) is 1. The van der Waals surface area contributed by atoms with Gasteiger partial charge >= 0.3 is 5.97 Å². The lowest BCUT2D eigenvalue weighted by atomic mass is 10.0. The first kappa shape index (κ1) is 20.9. The average Bonchev–Trinajstić information content (AvgIpc) is 2.93. The Kier molecular flexibility index (Phi) is 7.25. The molecule has 0 radical (unpaired) electrons. The van der Waals surface area contributed by atoms with Crippen molar-refractivity contribution >= 4 is 11.9 Å². The van der Waals surface area contributed by atoms with E-state index in [1.54, 1.807) is 12.1 Å². The van der Waals surface area contributed by atoms with E-state index >= 15 is 0 Å². The summed E-state index contributed by atoms with van der Waals surface area (Å²) < 4.78 is 0. The molecule has 1 amide bonds. The van der Waals surface area contributed by atoms with Gasteiger partial charge in [0.05, 0.1) is 0 Å². The highest BCUT2D eigenvalue weighted by molar-refractivity contribution is 5.94. The summed E-state index contributed by atoms with van der Waals surface area (Å²) in [6.45, 7) is 3.79. The zero-order valence-electron chi connectivity index (χ0n) is 16.6. The number of phenols is 1. The lowest BCUT2D eigenvalue weighted by Gasteiger charge is -2.22. The molecule has 3 rings (SSSR count). The first-order chi connectivity index (χ1) is 14.0. The maximum Gasteiger partial charge on any atom is 0.303 e. The standard InChI is InChI=1S/C23H28N2O4/c26-21-8-2-6-19(17-21)15-18-5-1-7-20(16-18)23(29)25-12-4-11-24(13-14-25)10-3-9-22(27)28/h1-2,5-8,16-17,26H,3-4,9-15H2,(H,27,28). The van der Waals surface area contributed by atoms with Gasteiger partial charge in [0.15, 0.2) is 0 Å². The molecule has 1 fully saturated rings. The first-order valence-electron chi connectivity index (χ1n) is 10.1. The molecule has 0 bridgehead atoms. The van der Waals surface area contributed by atoms with Crippen LogP contribution in [0.5, 0.6) is 5.75 Å². The molecule has 0 saturated carbocycles. The maximum absolute atomic E-state index is 13.0. The van der Waals surface area contributed by atoms with Crippen molar-refractivity contribution in [1.29, 1.82) is 0 Å². The van der Waals surface area contributed by atoms with E-state index in [1.165, 1.54) is 0 Å². The average molecular weight is 396 g/mol. The van der Waals surface area contributed by atoms with E-state index in [9.17, 15) is 14.7 Å². The minimum Gasteiger partial charge on any atom is -0.508 e. The molecule has 6 heteroatoms. The molecule has 6 nitrogen and oxygen atoms in total. The van der Waals surface area contributed by atoms with Gasteiger partial charge in [-0.2, -0.15) is 0 Å². The zero-order valence-corrected chi connectivity index (χ0v) is 16.6. The molecule has 1 heterocycles. The quantitative estimate of drug-likeness (QED) is 0.752. The molecule has 0 aliphatic carbocycles. The first-order valence-corrected chi connectivity index (χ1v) is 10.1. The number of hydrogen-bond acceptors (Lipinski definition) is 4. The van der Waals surface area contributed by atoms with Crippen molar-refractivity contribution in [2.75, 3.05) is 32.7 Å². The van der Waals surface area contributed by atoms with E-state index < -0.39 is 5.97 Å². The van der Waals surface area contributed by atoms with E-state index in [0.29, 0.717) is 31.5 Å². The number of benzene rings is 2. The smallest absolute Gasteiger partial charge is 0.303 e. The Morgan fingerprint density at radius 3 is 2.45 bits per heavy atom. The van der Waals surface area contributed by atoms with Crippen LogP contribution >= 0.6 is 0 Å². The molecule has 0 unspecified atom stereocenters. The summed E-state index contributed by atoms with van der Waals surface area (Å²) >= 11 is 0. The number of amides is 1. The Morgan fingerprint density at radius 1 is 0.931 bits per heavy atom. The van der Waals surface area contributed by atoms with Crippen LogP contribution in [0.4, 0.5) is 0 Å². The highest BCUT2D eigenvalue weighted by Gasteiger charge is 2.20. The van der Waals surface area contributed by atoms with Crippen LogP contribution in [0.2, 0.25) is 0 Å². The van der Waals surface area contributed by atoms with Crippen LogP contribution in [-0.2, 0) is 11.2 Å². The molecule has 2 N–H and O–H groups in total. The molecule has 2 aromatic rings. The Bertz CT molecular complexity index is 852. The summed E-state index contributed by atoms with van der Waals surface area (Å²) in [5.41, 5.74) is 2.72. The molecule has 154 valence electrons. The summed E-state index contributed by atoms with van der Waals surface area (Å²) in [7, 11) is 0. The SMILES string of the molecule is O=C(O)CCCN1CCCN(C(=O)c2cccc(Cc3cccc(O)c3)c2)CC1. The topological polar surface area (TPSA) is 81.1 Å². The largest absolute Gasteiger partial charge is 0.508 e. The van der Waals surface area contributed by atoms with Gasteiger partial charge in [0.2, 0.25) is 0 Å². The van der Waals surface area contributed by atoms with Crippen LogP contribution in [-0.4, -0.2) is 64.6 Å². The monoisotopic (exact) mass is 396 g/mol. The Morgan fingerprint density at radius 2 is 1.69 bits per heavy atom. The predicted octanol–water partition coefficient (Wildman–Crippen LogP) is 3.00. The molecule has 29 heavy (non-hydrogen) atoms. The lowest BCUT2D eigenvalue weighted by Crippen LogP contribution is -2.35. The van der Waals surface area contributed by atoms with E-state index in [1.807, 2.05) is 41.3 Å². The van der Waals surface area contributed by atoms with Crippen molar-refractivity contribution in [2.24, 2.45) is 0 Å². The van der Waals surface area contributed by atoms with Gasteiger partial charge in [-0.1, -0.05) is 24.3 Å². The summed E-state index contributed by atoms with van der Waals surface area (Å²) in [5.74, 6) is -0.482. The van der Waals surface area contributed by atoms with Gasteiger partial charge in [0.25, 0.3) is 5.91 Å². The number of hydrogen-bond donors (Lipinski definition) is 2. The number of rotatable bonds is 7. The van der Waals surface area contributed by atoms with Crippen molar-refractivity contribution in [2.45, 2.75) is 25.7 Å². The van der Waals surface area contributed by atoms with Crippen LogP contribution in [0.25, 0.3) is 0 Å². The normalized spacial score (nSPS) is 15.1. The van der Waals surface area contributed by atoms with Crippen molar-refractivity contribution < 1.29 is 19.8 Å². The number of phenolic OH excluding ortho intramolecular Hbond substituents is 1. The number of nitrogens with zero attached hydrogens (tertiary/aromatic N) is 2. The van der Waals surface area contributed by atoms with Gasteiger partial charge in [-0.15, -0.1) is 0 Å². The second kappa shape index (κ2) is 10.1. The molecular weight excluding hydrogens is 368 g/mol. The van der Waals surface area contributed by atoms with Gasteiger partial charge in [-0.25, -0.2) is 0 Å². The minimum absolute atomic E-state index is 0.0372. The number of carbonyl (C=O) groups is 2. The van der Waals surface area contributed by atoms with Gasteiger partial charge in [-0.3, -0.25) is 9.59 Å². The highest BCUT2D eigenvalue weighted by Crippen LogP contribution is 2.17. The second-order valence-corrected chi connectivity index (χ2v) is 7.53. The molecule has 1 aliphatic heterocycles. The van der Waals surface area contributed by atoms with Gasteiger partial charge in [0, 0.05) is 31.6 Å². The van der Waals surface area contributed by atoms with Crippen LogP contribution in [0.3, 0.4) is 0 Å². The van der Waals surface area contributed by atoms with E-state index in [0.717, 1.165) is 37.2 Å². The molecule has 2 aromatic carbocycles. The Balaban J connectivity index is 1.59. The minimum atomic E-state index is -0.762. The Hall–Kier alpha value is -2.86. The second-order valence-electron chi connectivity index (χ2n) is 7.53. The molecule has 1 saturated heterocycles. The lowest BCUT2D eigenvalue weighted by molar-refractivity contribution is -0.137. The fourth-order valence-electron chi connectivity index (χ4n) is 3.75. The molecule has 0 aromatic heterocycles. The van der Waals surface area contributed by atoms with Crippen molar-refractivity contribution in [1.82, 2.24) is 9.80 Å². The fourth-order valence-corrected chi connectivity index (χ4v) is 3.75. The van der Waals surface area contributed by atoms with Crippen molar-refractivity contribution in [3.05, 3.63) is 65.2 Å². The molecule has 0 atom stereocenters. The van der Waals surface area contributed by atoms with Crippen LogP contribution < -0.4 is 0 Å². The Labute approximate surface area is 171 Å². The molecule has 1 aliphatic rings. The molecule has 0 spiro atoms. The van der Waals surface area contributed by atoms with Crippen LogP contribution in [0.1, 0.15) is 40.7 Å². The van der Waals surface area contributed by atoms with Crippen molar-refractivity contribution in [3.63, 3.8) is 0 Å². The number of aliphatic carboxylic acids is 1. The molecular formula is C23H28N2O4. The third-order valence-corrected chi connectivity index (χ3v) is 5.23. The van der Waals surface area contributed by atoms with E-state index in [2.05, 4.69) is 4.90 Å². The summed E-state index contributed by atoms with van der Waals surface area (Å²) in [6.07, 6.45) is 2.38. The van der Waals surface area contributed by atoms with Crippen LogP contribution in [0, 0.1) is 0 Å². The third kappa shape index (κ3) is 6.32. The number of carboxylic acids is 1. The van der Waals surface area contributed by atoms with E-state index in [-0.39, 0.29) is 18.1 Å². The number of aromatic hydroxyl groups is 1. The number of carbonyl (C=O) groups excluding carboxylic acids is 1. The van der Waals surface area contributed by atoms with Gasteiger partial charge in [0.1, 0.15) is 5.75 Å². The predicted molar refractivity (Wildman–Crippen MR) is 111 cm³/mol.